The lowest BCUT2D eigenvalue weighted by molar-refractivity contribution is 1.04. The number of aryl methyl sites for hydroxylation is 1. The van der Waals surface area contributed by atoms with Crippen LogP contribution in [-0.2, 0) is 0 Å². The Morgan fingerprint density at radius 2 is 1.76 bits per heavy atom. The molecule has 2 aromatic carbocycles. The molecule has 5 heteroatoms. The van der Waals surface area contributed by atoms with Gasteiger partial charge in [-0.3, -0.25) is 4.98 Å². The lowest BCUT2D eigenvalue weighted by atomic mass is 10.1. The van der Waals surface area contributed by atoms with Gasteiger partial charge in [0.25, 0.3) is 0 Å². The number of hydrogen-bond acceptors (Lipinski definition) is 4. The first kappa shape index (κ1) is 15.5. The Hall–Kier alpha value is -2.98. The molecule has 0 radical (unpaired) electrons. The number of fused-ring (bicyclic) bond motifs is 1. The third-order valence-corrected chi connectivity index (χ3v) is 4.27. The number of benzene rings is 2. The van der Waals surface area contributed by atoms with Gasteiger partial charge in [-0.2, -0.15) is 0 Å². The summed E-state index contributed by atoms with van der Waals surface area (Å²) in [7, 11) is 0. The van der Waals surface area contributed by atoms with Crippen LogP contribution < -0.4 is 5.32 Å². The van der Waals surface area contributed by atoms with Gasteiger partial charge in [0, 0.05) is 22.8 Å². The number of nitrogens with one attached hydrogen (secondary N) is 1. The van der Waals surface area contributed by atoms with Crippen molar-refractivity contribution in [1.82, 2.24) is 15.2 Å². The number of halogens is 1. The molecular formula is C20H15ClN4. The first-order valence-corrected chi connectivity index (χ1v) is 8.29. The van der Waals surface area contributed by atoms with E-state index in [1.807, 2.05) is 60.7 Å². The van der Waals surface area contributed by atoms with E-state index < -0.39 is 0 Å². The highest BCUT2D eigenvalue weighted by atomic mass is 35.5. The zero-order valence-electron chi connectivity index (χ0n) is 13.6. The minimum absolute atomic E-state index is 0.384. The van der Waals surface area contributed by atoms with Crippen LogP contribution in [-0.4, -0.2) is 15.2 Å². The summed E-state index contributed by atoms with van der Waals surface area (Å²) in [5, 5.41) is 13.0. The van der Waals surface area contributed by atoms with Gasteiger partial charge in [-0.1, -0.05) is 53.6 Å². The number of aromatic nitrogens is 3. The number of hydrogen-bond donors (Lipinski definition) is 1. The second-order valence-corrected chi connectivity index (χ2v) is 6.19. The maximum absolute atomic E-state index is 6.24. The molecule has 0 spiro atoms. The lowest BCUT2D eigenvalue weighted by Gasteiger charge is -2.09. The Balaban J connectivity index is 1.68. The average molecular weight is 347 g/mol. The van der Waals surface area contributed by atoms with Crippen LogP contribution in [0.15, 0.2) is 66.9 Å². The van der Waals surface area contributed by atoms with Crippen molar-refractivity contribution in [2.24, 2.45) is 0 Å². The molecule has 0 bridgehead atoms. The van der Waals surface area contributed by atoms with Gasteiger partial charge in [0.15, 0.2) is 11.0 Å². The molecule has 2 heterocycles. The van der Waals surface area contributed by atoms with E-state index in [1.54, 1.807) is 6.20 Å². The summed E-state index contributed by atoms with van der Waals surface area (Å²) in [5.41, 5.74) is 4.88. The molecular weight excluding hydrogens is 332 g/mol. The molecule has 4 rings (SSSR count). The van der Waals surface area contributed by atoms with Crippen LogP contribution in [0.5, 0.6) is 0 Å². The largest absolute Gasteiger partial charge is 0.339 e. The van der Waals surface area contributed by atoms with Gasteiger partial charge in [-0.05, 0) is 36.8 Å². The van der Waals surface area contributed by atoms with E-state index in [0.29, 0.717) is 11.0 Å². The summed E-state index contributed by atoms with van der Waals surface area (Å²) in [6.45, 7) is 2.05. The van der Waals surface area contributed by atoms with E-state index in [0.717, 1.165) is 27.7 Å². The van der Waals surface area contributed by atoms with Crippen molar-refractivity contribution in [2.45, 2.75) is 6.92 Å². The highest BCUT2D eigenvalue weighted by Crippen LogP contribution is 2.29. The molecule has 4 nitrogen and oxygen atoms in total. The number of anilines is 2. The molecule has 4 aromatic rings. The molecule has 0 saturated carbocycles. The van der Waals surface area contributed by atoms with Crippen molar-refractivity contribution in [3.63, 3.8) is 0 Å². The topological polar surface area (TPSA) is 50.7 Å². The van der Waals surface area contributed by atoms with Crippen molar-refractivity contribution < 1.29 is 0 Å². The van der Waals surface area contributed by atoms with E-state index in [2.05, 4.69) is 27.4 Å². The van der Waals surface area contributed by atoms with E-state index >= 15 is 0 Å². The molecule has 0 aliphatic heterocycles. The summed E-state index contributed by atoms with van der Waals surface area (Å²) < 4.78 is 0. The quantitative estimate of drug-likeness (QED) is 0.539. The summed E-state index contributed by atoms with van der Waals surface area (Å²) in [6, 6.07) is 20.0. The highest BCUT2D eigenvalue weighted by Gasteiger charge is 2.08. The lowest BCUT2D eigenvalue weighted by Crippen LogP contribution is -1.97. The standard InChI is InChI=1S/C20H15ClN4/c1-13-4-6-14(7-5-13)17-12-19(24-25-20(17)21)23-16-9-8-15-3-2-10-22-18(15)11-16/h2-12H,1H3,(H,23,24). The van der Waals surface area contributed by atoms with E-state index in [9.17, 15) is 0 Å². The molecule has 25 heavy (non-hydrogen) atoms. The van der Waals surface area contributed by atoms with Gasteiger partial charge in [0.2, 0.25) is 0 Å². The zero-order valence-corrected chi connectivity index (χ0v) is 14.3. The zero-order chi connectivity index (χ0) is 17.2. The van der Waals surface area contributed by atoms with E-state index in [4.69, 9.17) is 11.6 Å². The Labute approximate surface area is 150 Å². The van der Waals surface area contributed by atoms with Gasteiger partial charge >= 0.3 is 0 Å². The summed E-state index contributed by atoms with van der Waals surface area (Å²) in [6.07, 6.45) is 1.78. The number of rotatable bonds is 3. The summed E-state index contributed by atoms with van der Waals surface area (Å²) in [5.74, 6) is 0.634. The third kappa shape index (κ3) is 3.30. The van der Waals surface area contributed by atoms with Gasteiger partial charge in [0.05, 0.1) is 5.52 Å². The molecule has 2 aromatic heterocycles. The van der Waals surface area contributed by atoms with Crippen molar-refractivity contribution in [1.29, 1.82) is 0 Å². The Kier molecular flexibility index (Phi) is 4.04. The number of nitrogens with zero attached hydrogens (tertiary/aromatic N) is 3. The fraction of sp³-hybridized carbons (Fsp3) is 0.0500. The van der Waals surface area contributed by atoms with E-state index in [-0.39, 0.29) is 0 Å². The Morgan fingerprint density at radius 1 is 0.920 bits per heavy atom. The highest BCUT2D eigenvalue weighted by molar-refractivity contribution is 6.32. The predicted octanol–water partition coefficient (Wildman–Crippen LogP) is 5.40. The van der Waals surface area contributed by atoms with Crippen molar-refractivity contribution >= 4 is 34.0 Å². The van der Waals surface area contributed by atoms with Crippen LogP contribution in [0.2, 0.25) is 5.15 Å². The molecule has 0 amide bonds. The van der Waals surface area contributed by atoms with Gasteiger partial charge in [-0.25, -0.2) is 0 Å². The second kappa shape index (κ2) is 6.49. The SMILES string of the molecule is Cc1ccc(-c2cc(Nc3ccc4cccnc4c3)nnc2Cl)cc1. The predicted molar refractivity (Wildman–Crippen MR) is 102 cm³/mol. The van der Waals surface area contributed by atoms with Crippen LogP contribution in [0, 0.1) is 6.92 Å². The second-order valence-electron chi connectivity index (χ2n) is 5.84. The molecule has 1 N–H and O–H groups in total. The van der Waals surface area contributed by atoms with Crippen molar-refractivity contribution in [3.05, 3.63) is 77.6 Å². The first-order valence-electron chi connectivity index (χ1n) is 7.91. The van der Waals surface area contributed by atoms with Crippen LogP contribution in [0.1, 0.15) is 5.56 Å². The molecule has 0 atom stereocenters. The van der Waals surface area contributed by atoms with Gasteiger partial charge in [-0.15, -0.1) is 10.2 Å². The monoisotopic (exact) mass is 346 g/mol. The Morgan fingerprint density at radius 3 is 2.60 bits per heavy atom. The minimum Gasteiger partial charge on any atom is -0.339 e. The molecule has 0 aliphatic carbocycles. The molecule has 0 fully saturated rings. The van der Waals surface area contributed by atoms with Crippen LogP contribution in [0.3, 0.4) is 0 Å². The number of pyridine rings is 1. The smallest absolute Gasteiger partial charge is 0.159 e. The van der Waals surface area contributed by atoms with E-state index in [1.165, 1.54) is 5.56 Å². The minimum atomic E-state index is 0.384. The fourth-order valence-electron chi connectivity index (χ4n) is 2.67. The van der Waals surface area contributed by atoms with Crippen LogP contribution >= 0.6 is 11.6 Å². The Bertz CT molecular complexity index is 1040. The first-order chi connectivity index (χ1) is 12.2. The normalized spacial score (nSPS) is 10.8. The maximum Gasteiger partial charge on any atom is 0.159 e. The molecule has 0 saturated heterocycles. The van der Waals surface area contributed by atoms with Gasteiger partial charge in [0.1, 0.15) is 0 Å². The molecule has 122 valence electrons. The average Bonchev–Trinajstić information content (AvgIpc) is 2.64. The fourth-order valence-corrected chi connectivity index (χ4v) is 2.87. The third-order valence-electron chi connectivity index (χ3n) is 3.99. The molecule has 0 aliphatic rings. The van der Waals surface area contributed by atoms with Gasteiger partial charge < -0.3 is 5.32 Å². The maximum atomic E-state index is 6.24. The summed E-state index contributed by atoms with van der Waals surface area (Å²) >= 11 is 6.24. The summed E-state index contributed by atoms with van der Waals surface area (Å²) in [4.78, 5) is 4.37. The van der Waals surface area contributed by atoms with Crippen molar-refractivity contribution in [3.8, 4) is 11.1 Å². The van der Waals surface area contributed by atoms with Crippen molar-refractivity contribution in [2.75, 3.05) is 5.32 Å². The van der Waals surface area contributed by atoms with Crippen LogP contribution in [0.4, 0.5) is 11.5 Å². The van der Waals surface area contributed by atoms with Crippen LogP contribution in [0.25, 0.3) is 22.0 Å². The molecule has 0 unspecified atom stereocenters.